The smallest absolute Gasteiger partial charge is 0.338 e. The van der Waals surface area contributed by atoms with E-state index in [0.29, 0.717) is 17.2 Å². The first kappa shape index (κ1) is 12.0. The molecule has 92 valence electrons. The highest BCUT2D eigenvalue weighted by Gasteiger charge is 2.29. The Morgan fingerprint density at radius 1 is 1.35 bits per heavy atom. The van der Waals surface area contributed by atoms with Crippen LogP contribution < -0.4 is 5.73 Å². The molecule has 0 unspecified atom stereocenters. The van der Waals surface area contributed by atoms with E-state index in [9.17, 15) is 4.79 Å². The maximum absolute atomic E-state index is 12.1. The SMILES string of the molecule is CC(C)(C)OC(=O)c1ccc(N)cc1C1CC1. The van der Waals surface area contributed by atoms with Gasteiger partial charge in [0.25, 0.3) is 0 Å². The zero-order chi connectivity index (χ0) is 12.6. The zero-order valence-electron chi connectivity index (χ0n) is 10.6. The van der Waals surface area contributed by atoms with E-state index in [1.807, 2.05) is 26.8 Å². The number of nitrogen functional groups attached to an aromatic ring is 1. The average molecular weight is 233 g/mol. The van der Waals surface area contributed by atoms with E-state index >= 15 is 0 Å². The van der Waals surface area contributed by atoms with Gasteiger partial charge in [0.15, 0.2) is 0 Å². The largest absolute Gasteiger partial charge is 0.456 e. The van der Waals surface area contributed by atoms with Crippen LogP contribution >= 0.6 is 0 Å². The Bertz CT molecular complexity index is 442. The molecular weight excluding hydrogens is 214 g/mol. The third-order valence-electron chi connectivity index (χ3n) is 2.71. The van der Waals surface area contributed by atoms with Crippen molar-refractivity contribution in [3.63, 3.8) is 0 Å². The molecule has 3 heteroatoms. The molecule has 3 nitrogen and oxygen atoms in total. The van der Waals surface area contributed by atoms with Gasteiger partial charge in [-0.2, -0.15) is 0 Å². The van der Waals surface area contributed by atoms with Gasteiger partial charge in [-0.3, -0.25) is 0 Å². The van der Waals surface area contributed by atoms with Gasteiger partial charge in [0, 0.05) is 5.69 Å². The molecule has 2 rings (SSSR count). The molecule has 1 aromatic carbocycles. The Hall–Kier alpha value is -1.51. The van der Waals surface area contributed by atoms with E-state index in [1.165, 1.54) is 0 Å². The fourth-order valence-corrected chi connectivity index (χ4v) is 1.83. The van der Waals surface area contributed by atoms with Crippen LogP contribution in [-0.4, -0.2) is 11.6 Å². The Kier molecular flexibility index (Phi) is 2.86. The number of hydrogen-bond donors (Lipinski definition) is 1. The molecule has 1 aromatic rings. The molecule has 0 spiro atoms. The van der Waals surface area contributed by atoms with Gasteiger partial charge in [0.05, 0.1) is 5.56 Å². The number of esters is 1. The summed E-state index contributed by atoms with van der Waals surface area (Å²) >= 11 is 0. The lowest BCUT2D eigenvalue weighted by Crippen LogP contribution is -2.24. The van der Waals surface area contributed by atoms with Gasteiger partial charge < -0.3 is 10.5 Å². The first-order valence-electron chi connectivity index (χ1n) is 5.99. The summed E-state index contributed by atoms with van der Waals surface area (Å²) in [5.74, 6) is 0.236. The molecule has 0 bridgehead atoms. The topological polar surface area (TPSA) is 52.3 Å². The second kappa shape index (κ2) is 4.06. The first-order valence-corrected chi connectivity index (χ1v) is 5.99. The van der Waals surface area contributed by atoms with Crippen LogP contribution in [0.2, 0.25) is 0 Å². The quantitative estimate of drug-likeness (QED) is 0.630. The summed E-state index contributed by atoms with van der Waals surface area (Å²) in [6.45, 7) is 5.62. The fraction of sp³-hybridized carbons (Fsp3) is 0.500. The van der Waals surface area contributed by atoms with Crippen molar-refractivity contribution in [2.24, 2.45) is 0 Å². The molecule has 0 aromatic heterocycles. The monoisotopic (exact) mass is 233 g/mol. The van der Waals surface area contributed by atoms with Crippen LogP contribution in [-0.2, 0) is 4.74 Å². The van der Waals surface area contributed by atoms with Gasteiger partial charge in [-0.1, -0.05) is 0 Å². The second-order valence-electron chi connectivity index (χ2n) is 5.62. The fourth-order valence-electron chi connectivity index (χ4n) is 1.83. The minimum Gasteiger partial charge on any atom is -0.456 e. The van der Waals surface area contributed by atoms with E-state index in [-0.39, 0.29) is 5.97 Å². The Morgan fingerprint density at radius 3 is 2.53 bits per heavy atom. The van der Waals surface area contributed by atoms with Crippen molar-refractivity contribution in [1.29, 1.82) is 0 Å². The molecule has 0 aliphatic heterocycles. The number of benzene rings is 1. The number of carbonyl (C=O) groups is 1. The van der Waals surface area contributed by atoms with Crippen molar-refractivity contribution in [3.05, 3.63) is 29.3 Å². The summed E-state index contributed by atoms with van der Waals surface area (Å²) in [6.07, 6.45) is 2.28. The van der Waals surface area contributed by atoms with Gasteiger partial charge in [0.2, 0.25) is 0 Å². The second-order valence-corrected chi connectivity index (χ2v) is 5.62. The maximum atomic E-state index is 12.1. The molecule has 0 atom stereocenters. The molecule has 1 aliphatic carbocycles. The van der Waals surface area contributed by atoms with Crippen LogP contribution in [0.25, 0.3) is 0 Å². The minimum absolute atomic E-state index is 0.251. The van der Waals surface area contributed by atoms with E-state index in [0.717, 1.165) is 18.4 Å². The number of hydrogen-bond acceptors (Lipinski definition) is 3. The summed E-state index contributed by atoms with van der Waals surface area (Å²) in [4.78, 5) is 12.1. The molecule has 2 N–H and O–H groups in total. The van der Waals surface area contributed by atoms with Crippen LogP contribution in [0.1, 0.15) is 55.5 Å². The van der Waals surface area contributed by atoms with Crippen LogP contribution in [0.15, 0.2) is 18.2 Å². The highest BCUT2D eigenvalue weighted by atomic mass is 16.6. The molecule has 1 fully saturated rings. The van der Waals surface area contributed by atoms with E-state index in [1.54, 1.807) is 12.1 Å². The molecule has 0 saturated heterocycles. The molecular formula is C14H19NO2. The molecule has 17 heavy (non-hydrogen) atoms. The summed E-state index contributed by atoms with van der Waals surface area (Å²) in [5.41, 5.74) is 7.72. The normalized spacial score (nSPS) is 15.7. The van der Waals surface area contributed by atoms with E-state index < -0.39 is 5.60 Å². The average Bonchev–Trinajstić information content (AvgIpc) is 2.97. The molecule has 0 heterocycles. The summed E-state index contributed by atoms with van der Waals surface area (Å²) in [5, 5.41) is 0. The molecule has 0 radical (unpaired) electrons. The van der Waals surface area contributed by atoms with Crippen LogP contribution in [0.5, 0.6) is 0 Å². The highest BCUT2D eigenvalue weighted by molar-refractivity contribution is 5.92. The van der Waals surface area contributed by atoms with Gasteiger partial charge in [-0.15, -0.1) is 0 Å². The minimum atomic E-state index is -0.459. The Balaban J connectivity index is 2.28. The molecule has 1 saturated carbocycles. The number of rotatable bonds is 2. The summed E-state index contributed by atoms with van der Waals surface area (Å²) < 4.78 is 5.40. The molecule has 1 aliphatic rings. The van der Waals surface area contributed by atoms with Crippen molar-refractivity contribution >= 4 is 11.7 Å². The lowest BCUT2D eigenvalue weighted by atomic mass is 10.0. The third-order valence-corrected chi connectivity index (χ3v) is 2.71. The van der Waals surface area contributed by atoms with Gasteiger partial charge in [0.1, 0.15) is 5.60 Å². The predicted octanol–water partition coefficient (Wildman–Crippen LogP) is 3.10. The van der Waals surface area contributed by atoms with E-state index in [2.05, 4.69) is 0 Å². The van der Waals surface area contributed by atoms with Crippen LogP contribution in [0.4, 0.5) is 5.69 Å². The van der Waals surface area contributed by atoms with Gasteiger partial charge in [-0.25, -0.2) is 4.79 Å². The lowest BCUT2D eigenvalue weighted by Gasteiger charge is -2.20. The van der Waals surface area contributed by atoms with Crippen molar-refractivity contribution in [2.75, 3.05) is 5.73 Å². The third kappa shape index (κ3) is 2.99. The number of nitrogens with two attached hydrogens (primary N) is 1. The van der Waals surface area contributed by atoms with Crippen molar-refractivity contribution in [1.82, 2.24) is 0 Å². The Morgan fingerprint density at radius 2 is 2.00 bits per heavy atom. The van der Waals surface area contributed by atoms with Crippen molar-refractivity contribution < 1.29 is 9.53 Å². The van der Waals surface area contributed by atoms with Crippen molar-refractivity contribution in [3.8, 4) is 0 Å². The first-order chi connectivity index (χ1) is 7.87. The number of anilines is 1. The number of carbonyl (C=O) groups excluding carboxylic acids is 1. The van der Waals surface area contributed by atoms with Crippen molar-refractivity contribution in [2.45, 2.75) is 45.1 Å². The molecule has 0 amide bonds. The Labute approximate surface area is 102 Å². The van der Waals surface area contributed by atoms with Gasteiger partial charge >= 0.3 is 5.97 Å². The van der Waals surface area contributed by atoms with E-state index in [4.69, 9.17) is 10.5 Å². The zero-order valence-corrected chi connectivity index (χ0v) is 10.6. The standard InChI is InChI=1S/C14H19NO2/c1-14(2,3)17-13(16)11-7-6-10(15)8-12(11)9-4-5-9/h6-9H,4-5,15H2,1-3H3. The van der Waals surface area contributed by atoms with Gasteiger partial charge in [-0.05, 0) is 63.3 Å². The van der Waals surface area contributed by atoms with Crippen LogP contribution in [0.3, 0.4) is 0 Å². The number of ether oxygens (including phenoxy) is 1. The lowest BCUT2D eigenvalue weighted by molar-refractivity contribution is 0.00683. The summed E-state index contributed by atoms with van der Waals surface area (Å²) in [6, 6.07) is 5.43. The highest BCUT2D eigenvalue weighted by Crippen LogP contribution is 2.42. The predicted molar refractivity (Wildman–Crippen MR) is 68.0 cm³/mol. The summed E-state index contributed by atoms with van der Waals surface area (Å²) in [7, 11) is 0. The maximum Gasteiger partial charge on any atom is 0.338 e. The van der Waals surface area contributed by atoms with Crippen LogP contribution in [0, 0.1) is 0 Å².